The van der Waals surface area contributed by atoms with Crippen molar-refractivity contribution in [3.05, 3.63) is 12.5 Å². The Labute approximate surface area is 107 Å². The molecule has 0 radical (unpaired) electrons. The van der Waals surface area contributed by atoms with Gasteiger partial charge in [-0.2, -0.15) is 5.10 Å². The summed E-state index contributed by atoms with van der Waals surface area (Å²) < 4.78 is 6.69. The molecule has 0 amide bonds. The first-order valence-corrected chi connectivity index (χ1v) is 5.69. The van der Waals surface area contributed by atoms with Gasteiger partial charge in [0.05, 0.1) is 18.2 Å². The highest BCUT2D eigenvalue weighted by atomic mass is 16.6. The Morgan fingerprint density at radius 3 is 2.79 bits per heavy atom. The van der Waals surface area contributed by atoms with E-state index in [-0.39, 0.29) is 5.82 Å². The van der Waals surface area contributed by atoms with Crippen molar-refractivity contribution in [1.29, 1.82) is 0 Å². The van der Waals surface area contributed by atoms with E-state index in [2.05, 4.69) is 15.1 Å². The van der Waals surface area contributed by atoms with Gasteiger partial charge in [0, 0.05) is 0 Å². The number of aliphatic hydroxyl groups excluding tert-OH is 3. The number of hydrogen-bond donors (Lipinski definition) is 4. The van der Waals surface area contributed by atoms with Crippen LogP contribution in [0.5, 0.6) is 0 Å². The summed E-state index contributed by atoms with van der Waals surface area (Å²) in [6.07, 6.45) is -1.46. The molecule has 0 spiro atoms. The maximum Gasteiger partial charge on any atom is 0.181 e. The number of nitrogens with zero attached hydrogens (tertiary/aromatic N) is 4. The number of aliphatic hydroxyl groups is 3. The van der Waals surface area contributed by atoms with Crippen molar-refractivity contribution in [3.63, 3.8) is 0 Å². The maximum absolute atomic E-state index is 9.94. The predicted molar refractivity (Wildman–Crippen MR) is 62.7 cm³/mol. The fraction of sp³-hybridized carbons (Fsp3) is 0.500. The average molecular weight is 267 g/mol. The van der Waals surface area contributed by atoms with Crippen molar-refractivity contribution < 1.29 is 20.1 Å². The van der Waals surface area contributed by atoms with Gasteiger partial charge in [-0.05, 0) is 0 Å². The van der Waals surface area contributed by atoms with Crippen molar-refractivity contribution in [1.82, 2.24) is 19.7 Å². The number of rotatable bonds is 2. The summed E-state index contributed by atoms with van der Waals surface area (Å²) in [5.74, 6) is 0.267. The number of fused-ring (bicyclic) bond motifs is 1. The monoisotopic (exact) mass is 267 g/mol. The van der Waals surface area contributed by atoms with Gasteiger partial charge < -0.3 is 25.8 Å². The minimum Gasteiger partial charge on any atom is -0.394 e. The van der Waals surface area contributed by atoms with Crippen LogP contribution in [0.15, 0.2) is 12.5 Å². The molecule has 19 heavy (non-hydrogen) atoms. The van der Waals surface area contributed by atoms with Crippen LogP contribution >= 0.6 is 0 Å². The molecule has 3 heterocycles. The molecule has 4 atom stereocenters. The molecule has 0 aliphatic carbocycles. The van der Waals surface area contributed by atoms with E-state index in [0.29, 0.717) is 11.0 Å². The number of aromatic nitrogens is 4. The third kappa shape index (κ3) is 1.75. The third-order valence-corrected chi connectivity index (χ3v) is 3.18. The first-order chi connectivity index (χ1) is 9.13. The Morgan fingerprint density at radius 1 is 1.32 bits per heavy atom. The van der Waals surface area contributed by atoms with Crippen LogP contribution in [0.3, 0.4) is 0 Å². The summed E-state index contributed by atoms with van der Waals surface area (Å²) in [7, 11) is 0. The van der Waals surface area contributed by atoms with Crippen LogP contribution in [-0.2, 0) is 4.74 Å². The predicted octanol–water partition coefficient (Wildman–Crippen LogP) is -1.98. The Hall–Kier alpha value is -1.81. The van der Waals surface area contributed by atoms with Crippen LogP contribution in [0, 0.1) is 0 Å². The summed E-state index contributed by atoms with van der Waals surface area (Å²) in [6, 6.07) is 0. The molecule has 9 heteroatoms. The van der Waals surface area contributed by atoms with E-state index >= 15 is 0 Å². The molecule has 102 valence electrons. The third-order valence-electron chi connectivity index (χ3n) is 3.18. The lowest BCUT2D eigenvalue weighted by Crippen LogP contribution is -2.33. The molecule has 0 unspecified atom stereocenters. The lowest BCUT2D eigenvalue weighted by molar-refractivity contribution is -0.0566. The fourth-order valence-corrected chi connectivity index (χ4v) is 2.15. The van der Waals surface area contributed by atoms with Gasteiger partial charge in [-0.25, -0.2) is 14.6 Å². The zero-order chi connectivity index (χ0) is 13.6. The van der Waals surface area contributed by atoms with E-state index in [9.17, 15) is 10.2 Å². The molecule has 3 rings (SSSR count). The summed E-state index contributed by atoms with van der Waals surface area (Å²) in [5, 5.41) is 33.3. The maximum atomic E-state index is 9.94. The molecule has 5 N–H and O–H groups in total. The summed E-state index contributed by atoms with van der Waals surface area (Å²) in [6.45, 7) is -0.398. The van der Waals surface area contributed by atoms with Gasteiger partial charge in [0.2, 0.25) is 0 Å². The summed E-state index contributed by atoms with van der Waals surface area (Å²) in [5.41, 5.74) is 6.08. The standard InChI is InChI=1S/C10H13N5O4/c11-8-4-1-14-15(9(4)13-3-12-8)10-7(18)6(17)5(2-16)19-10/h1,3,5-7,10,16-18H,2H2,(H2,11,12,13)/t5-,6-,7+,10+/m1/s1. The Morgan fingerprint density at radius 2 is 2.11 bits per heavy atom. The molecule has 1 aliphatic rings. The minimum absolute atomic E-state index is 0.267. The van der Waals surface area contributed by atoms with Gasteiger partial charge in [0.1, 0.15) is 30.5 Å². The number of hydrogen-bond acceptors (Lipinski definition) is 8. The lowest BCUT2D eigenvalue weighted by Gasteiger charge is -2.15. The molecule has 0 saturated carbocycles. The number of ether oxygens (including phenoxy) is 1. The van der Waals surface area contributed by atoms with Gasteiger partial charge in [-0.15, -0.1) is 0 Å². The van der Waals surface area contributed by atoms with Gasteiger partial charge in [-0.1, -0.05) is 0 Å². The molecule has 2 aromatic rings. The SMILES string of the molecule is Nc1ncnc2c1cnn2[C@H]1O[C@H](CO)[C@@H](O)[C@@H]1O. The normalized spacial score (nSPS) is 31.1. The van der Waals surface area contributed by atoms with Crippen LogP contribution in [0.2, 0.25) is 0 Å². The van der Waals surface area contributed by atoms with Crippen molar-refractivity contribution >= 4 is 16.9 Å². The highest BCUT2D eigenvalue weighted by Crippen LogP contribution is 2.31. The van der Waals surface area contributed by atoms with E-state index in [1.807, 2.05) is 0 Å². The second kappa shape index (κ2) is 4.38. The average Bonchev–Trinajstić information content (AvgIpc) is 2.94. The first-order valence-electron chi connectivity index (χ1n) is 5.69. The topological polar surface area (TPSA) is 140 Å². The molecule has 0 bridgehead atoms. The molecule has 9 nitrogen and oxygen atoms in total. The molecule has 2 aromatic heterocycles. The van der Waals surface area contributed by atoms with Crippen LogP contribution in [0.25, 0.3) is 11.0 Å². The summed E-state index contributed by atoms with van der Waals surface area (Å²) in [4.78, 5) is 7.86. The smallest absolute Gasteiger partial charge is 0.181 e. The lowest BCUT2D eigenvalue weighted by atomic mass is 10.1. The van der Waals surface area contributed by atoms with Crippen LogP contribution < -0.4 is 5.73 Å². The van der Waals surface area contributed by atoms with Crippen molar-refractivity contribution in [2.75, 3.05) is 12.3 Å². The Balaban J connectivity index is 2.04. The zero-order valence-electron chi connectivity index (χ0n) is 9.79. The van der Waals surface area contributed by atoms with E-state index in [1.54, 1.807) is 0 Å². The molecule has 1 fully saturated rings. The van der Waals surface area contributed by atoms with Gasteiger partial charge in [0.25, 0.3) is 0 Å². The van der Waals surface area contributed by atoms with E-state index in [4.69, 9.17) is 15.6 Å². The molecular weight excluding hydrogens is 254 g/mol. The molecule has 0 aromatic carbocycles. The van der Waals surface area contributed by atoms with Crippen LogP contribution in [-0.4, -0.2) is 60.0 Å². The molecular formula is C10H13N5O4. The van der Waals surface area contributed by atoms with Gasteiger partial charge in [-0.3, -0.25) is 0 Å². The number of nitrogen functional groups attached to an aromatic ring is 1. The van der Waals surface area contributed by atoms with Gasteiger partial charge >= 0.3 is 0 Å². The minimum atomic E-state index is -1.21. The quantitative estimate of drug-likeness (QED) is 0.491. The highest BCUT2D eigenvalue weighted by molar-refractivity contribution is 5.84. The van der Waals surface area contributed by atoms with E-state index < -0.39 is 31.1 Å². The fourth-order valence-electron chi connectivity index (χ4n) is 2.15. The van der Waals surface area contributed by atoms with Crippen LogP contribution in [0.1, 0.15) is 6.23 Å². The van der Waals surface area contributed by atoms with Gasteiger partial charge in [0.15, 0.2) is 11.9 Å². The van der Waals surface area contributed by atoms with E-state index in [1.165, 1.54) is 17.2 Å². The second-order valence-electron chi connectivity index (χ2n) is 4.31. The Kier molecular flexibility index (Phi) is 2.82. The van der Waals surface area contributed by atoms with Crippen molar-refractivity contribution in [3.8, 4) is 0 Å². The molecule has 1 saturated heterocycles. The Bertz CT molecular complexity index is 603. The zero-order valence-corrected chi connectivity index (χ0v) is 9.79. The molecule has 1 aliphatic heterocycles. The number of anilines is 1. The highest BCUT2D eigenvalue weighted by Gasteiger charge is 2.44. The largest absolute Gasteiger partial charge is 0.394 e. The van der Waals surface area contributed by atoms with Crippen molar-refractivity contribution in [2.24, 2.45) is 0 Å². The number of nitrogens with two attached hydrogens (primary N) is 1. The van der Waals surface area contributed by atoms with Crippen LogP contribution in [0.4, 0.5) is 5.82 Å². The second-order valence-corrected chi connectivity index (χ2v) is 4.31. The summed E-state index contributed by atoms with van der Waals surface area (Å²) >= 11 is 0. The first kappa shape index (κ1) is 12.2. The van der Waals surface area contributed by atoms with E-state index in [0.717, 1.165) is 0 Å². The van der Waals surface area contributed by atoms with Crippen molar-refractivity contribution in [2.45, 2.75) is 24.5 Å².